The lowest BCUT2D eigenvalue weighted by atomic mass is 10.0. The van der Waals surface area contributed by atoms with Gasteiger partial charge in [0.2, 0.25) is 5.91 Å². The third-order valence-electron chi connectivity index (χ3n) is 3.19. The predicted molar refractivity (Wildman–Crippen MR) is 77.4 cm³/mol. The molecule has 106 valence electrons. The van der Waals surface area contributed by atoms with E-state index in [1.807, 2.05) is 25.3 Å². The summed E-state index contributed by atoms with van der Waals surface area (Å²) in [5.41, 5.74) is 6.28. The number of rotatable bonds is 6. The lowest BCUT2D eigenvalue weighted by Gasteiger charge is -2.12. The number of nitrogens with zero attached hydrogens (tertiary/aromatic N) is 3. The van der Waals surface area contributed by atoms with Crippen LogP contribution in [-0.2, 0) is 4.79 Å². The molecule has 0 aliphatic carbocycles. The van der Waals surface area contributed by atoms with Crippen LogP contribution in [0.5, 0.6) is 0 Å². The van der Waals surface area contributed by atoms with Gasteiger partial charge in [-0.15, -0.1) is 0 Å². The van der Waals surface area contributed by atoms with Crippen LogP contribution in [0.25, 0.3) is 5.82 Å². The average molecular weight is 273 g/mol. The number of carbonyl (C=O) groups excluding carboxylic acids is 1. The number of aromatic nitrogens is 3. The number of hydrogen-bond donors (Lipinski definition) is 2. The molecule has 6 nitrogen and oxygen atoms in total. The molecular formula is C14H19N5O. The van der Waals surface area contributed by atoms with Crippen LogP contribution in [0.4, 0.5) is 5.69 Å². The maximum Gasteiger partial charge on any atom is 0.224 e. The van der Waals surface area contributed by atoms with Gasteiger partial charge in [0.05, 0.1) is 11.9 Å². The largest absolute Gasteiger partial charge is 0.330 e. The number of imidazole rings is 1. The van der Waals surface area contributed by atoms with Gasteiger partial charge in [-0.3, -0.25) is 9.36 Å². The molecule has 2 aromatic rings. The highest BCUT2D eigenvalue weighted by atomic mass is 16.1. The number of pyridine rings is 1. The van der Waals surface area contributed by atoms with Gasteiger partial charge in [-0.2, -0.15) is 0 Å². The summed E-state index contributed by atoms with van der Waals surface area (Å²) in [7, 11) is 0. The Hall–Kier alpha value is -2.21. The van der Waals surface area contributed by atoms with E-state index in [9.17, 15) is 4.79 Å². The minimum Gasteiger partial charge on any atom is -0.330 e. The van der Waals surface area contributed by atoms with Crippen molar-refractivity contribution in [3.63, 3.8) is 0 Å². The summed E-state index contributed by atoms with van der Waals surface area (Å²) < 4.78 is 1.80. The molecule has 0 aromatic carbocycles. The first-order valence-corrected chi connectivity index (χ1v) is 6.67. The van der Waals surface area contributed by atoms with Crippen LogP contribution in [0.15, 0.2) is 37.1 Å². The fourth-order valence-electron chi connectivity index (χ4n) is 1.88. The number of nitrogens with two attached hydrogens (primary N) is 1. The molecule has 0 spiro atoms. The van der Waals surface area contributed by atoms with Gasteiger partial charge in [-0.1, -0.05) is 13.3 Å². The first-order chi connectivity index (χ1) is 9.72. The van der Waals surface area contributed by atoms with E-state index in [-0.39, 0.29) is 11.8 Å². The summed E-state index contributed by atoms with van der Waals surface area (Å²) in [6.07, 6.45) is 8.16. The third kappa shape index (κ3) is 3.64. The Morgan fingerprint density at radius 3 is 2.90 bits per heavy atom. The maximum absolute atomic E-state index is 11.8. The number of nitrogens with one attached hydrogen (secondary N) is 1. The average Bonchev–Trinajstić information content (AvgIpc) is 2.99. The van der Waals surface area contributed by atoms with Gasteiger partial charge in [0.15, 0.2) is 0 Å². The zero-order valence-corrected chi connectivity index (χ0v) is 11.5. The first-order valence-electron chi connectivity index (χ1n) is 6.67. The molecule has 0 fully saturated rings. The van der Waals surface area contributed by atoms with Gasteiger partial charge < -0.3 is 11.1 Å². The van der Waals surface area contributed by atoms with Gasteiger partial charge in [0, 0.05) is 18.8 Å². The Labute approximate surface area is 118 Å². The molecule has 1 atom stereocenters. The Morgan fingerprint density at radius 1 is 1.50 bits per heavy atom. The van der Waals surface area contributed by atoms with E-state index in [2.05, 4.69) is 15.3 Å². The fourth-order valence-corrected chi connectivity index (χ4v) is 1.88. The smallest absolute Gasteiger partial charge is 0.224 e. The molecule has 0 saturated heterocycles. The maximum atomic E-state index is 11.8. The van der Waals surface area contributed by atoms with Crippen LogP contribution in [0.3, 0.4) is 0 Å². The number of anilines is 1. The van der Waals surface area contributed by atoms with Crippen molar-refractivity contribution in [3.8, 4) is 5.82 Å². The summed E-state index contributed by atoms with van der Waals surface area (Å²) in [6, 6.07) is 3.65. The van der Waals surface area contributed by atoms with Crippen molar-refractivity contribution >= 4 is 11.6 Å². The second-order valence-corrected chi connectivity index (χ2v) is 4.64. The van der Waals surface area contributed by atoms with E-state index in [0.717, 1.165) is 12.2 Å². The molecule has 1 unspecified atom stereocenters. The molecule has 2 heterocycles. The Bertz CT molecular complexity index is 531. The molecule has 0 radical (unpaired) electrons. The zero-order valence-electron chi connectivity index (χ0n) is 11.5. The van der Waals surface area contributed by atoms with Crippen LogP contribution < -0.4 is 11.1 Å². The monoisotopic (exact) mass is 273 g/mol. The van der Waals surface area contributed by atoms with Gasteiger partial charge >= 0.3 is 0 Å². The number of carbonyl (C=O) groups is 1. The van der Waals surface area contributed by atoms with Crippen LogP contribution in [0.2, 0.25) is 0 Å². The quantitative estimate of drug-likeness (QED) is 0.836. The Balaban J connectivity index is 1.95. The Kier molecular flexibility index (Phi) is 4.84. The van der Waals surface area contributed by atoms with Crippen LogP contribution in [-0.4, -0.2) is 27.0 Å². The molecule has 20 heavy (non-hydrogen) atoms. The predicted octanol–water partition coefficient (Wildman–Crippen LogP) is 1.58. The minimum atomic E-state index is -0.0283. The highest BCUT2D eigenvalue weighted by molar-refractivity contribution is 5.90. The van der Waals surface area contributed by atoms with E-state index in [4.69, 9.17) is 5.73 Å². The van der Waals surface area contributed by atoms with Gasteiger partial charge in [0.25, 0.3) is 0 Å². The molecule has 0 aliphatic rings. The van der Waals surface area contributed by atoms with Crippen molar-refractivity contribution in [1.82, 2.24) is 14.5 Å². The third-order valence-corrected chi connectivity index (χ3v) is 3.19. The second kappa shape index (κ2) is 6.81. The fraction of sp³-hybridized carbons (Fsp3) is 0.357. The minimum absolute atomic E-state index is 0.0283. The van der Waals surface area contributed by atoms with E-state index >= 15 is 0 Å². The first kappa shape index (κ1) is 14.2. The van der Waals surface area contributed by atoms with E-state index in [0.29, 0.717) is 18.7 Å². The summed E-state index contributed by atoms with van der Waals surface area (Å²) >= 11 is 0. The lowest BCUT2D eigenvalue weighted by molar-refractivity contribution is -0.117. The molecule has 1 amide bonds. The van der Waals surface area contributed by atoms with Crippen molar-refractivity contribution in [2.24, 2.45) is 11.7 Å². The van der Waals surface area contributed by atoms with Crippen molar-refractivity contribution < 1.29 is 4.79 Å². The van der Waals surface area contributed by atoms with Crippen LogP contribution >= 0.6 is 0 Å². The van der Waals surface area contributed by atoms with Gasteiger partial charge in [-0.05, 0) is 24.6 Å². The lowest BCUT2D eigenvalue weighted by Crippen LogP contribution is -2.21. The highest BCUT2D eigenvalue weighted by Gasteiger charge is 2.10. The van der Waals surface area contributed by atoms with E-state index < -0.39 is 0 Å². The molecule has 2 rings (SSSR count). The van der Waals surface area contributed by atoms with Crippen molar-refractivity contribution in [2.45, 2.75) is 19.8 Å². The highest BCUT2D eigenvalue weighted by Crippen LogP contribution is 2.12. The SMILES string of the molecule is CCC(CN)CC(=O)Nc1ccc(-n2ccnc2)nc1. The normalized spacial score (nSPS) is 12.1. The molecular weight excluding hydrogens is 254 g/mol. The number of hydrogen-bond acceptors (Lipinski definition) is 4. The zero-order chi connectivity index (χ0) is 14.4. The van der Waals surface area contributed by atoms with Crippen LogP contribution in [0.1, 0.15) is 19.8 Å². The summed E-state index contributed by atoms with van der Waals surface area (Å²) in [5, 5.41) is 2.83. The molecule has 0 bridgehead atoms. The van der Waals surface area contributed by atoms with E-state index in [1.165, 1.54) is 0 Å². The summed E-state index contributed by atoms with van der Waals surface area (Å²) in [6.45, 7) is 2.56. The van der Waals surface area contributed by atoms with Crippen molar-refractivity contribution in [2.75, 3.05) is 11.9 Å². The topological polar surface area (TPSA) is 85.8 Å². The van der Waals surface area contributed by atoms with Crippen molar-refractivity contribution in [3.05, 3.63) is 37.1 Å². The van der Waals surface area contributed by atoms with Crippen molar-refractivity contribution in [1.29, 1.82) is 0 Å². The van der Waals surface area contributed by atoms with Crippen LogP contribution in [0, 0.1) is 5.92 Å². The molecule has 2 aromatic heterocycles. The molecule has 0 aliphatic heterocycles. The van der Waals surface area contributed by atoms with Gasteiger partial charge in [0.1, 0.15) is 12.1 Å². The molecule has 6 heteroatoms. The standard InChI is InChI=1S/C14H19N5O/c1-2-11(8-15)7-14(20)18-12-3-4-13(17-9-12)19-6-5-16-10-19/h3-6,9-11H,2,7-8,15H2,1H3,(H,18,20). The molecule has 3 N–H and O–H groups in total. The number of amides is 1. The van der Waals surface area contributed by atoms with Gasteiger partial charge in [-0.25, -0.2) is 9.97 Å². The molecule has 0 saturated carbocycles. The summed E-state index contributed by atoms with van der Waals surface area (Å²) in [5.74, 6) is 0.960. The van der Waals surface area contributed by atoms with E-state index in [1.54, 1.807) is 23.3 Å². The summed E-state index contributed by atoms with van der Waals surface area (Å²) in [4.78, 5) is 20.1. The Morgan fingerprint density at radius 2 is 2.35 bits per heavy atom. The second-order valence-electron chi connectivity index (χ2n) is 4.64.